The van der Waals surface area contributed by atoms with Crippen LogP contribution in [-0.2, 0) is 0 Å². The smallest absolute Gasteiger partial charge is 0.213 e. The first-order chi connectivity index (χ1) is 7.25. The van der Waals surface area contributed by atoms with E-state index < -0.39 is 0 Å². The van der Waals surface area contributed by atoms with Gasteiger partial charge in [0.25, 0.3) is 0 Å². The largest absolute Gasteiger partial charge is 0.474 e. The monoisotopic (exact) mass is 206 g/mol. The molecule has 1 aromatic rings. The summed E-state index contributed by atoms with van der Waals surface area (Å²) in [5.41, 5.74) is 6.89. The molecule has 1 saturated carbocycles. The molecule has 0 aliphatic heterocycles. The molecule has 0 aromatic carbocycles. The number of hydrogen-bond donors (Lipinski definition) is 1. The van der Waals surface area contributed by atoms with E-state index in [2.05, 4.69) is 4.98 Å². The molecule has 2 rings (SSSR count). The normalized spacial score (nSPS) is 19.1. The number of ether oxygens (including phenoxy) is 1. The number of aromatic nitrogens is 1. The third kappa shape index (κ3) is 2.69. The quantitative estimate of drug-likeness (QED) is 0.826. The average Bonchev–Trinajstić information content (AvgIpc) is 2.71. The van der Waals surface area contributed by atoms with Gasteiger partial charge in [0.05, 0.1) is 0 Å². The minimum Gasteiger partial charge on any atom is -0.474 e. The lowest BCUT2D eigenvalue weighted by Crippen LogP contribution is -2.12. The summed E-state index contributed by atoms with van der Waals surface area (Å²) in [6.07, 6.45) is 6.99. The molecule has 0 bridgehead atoms. The molecule has 3 nitrogen and oxygen atoms in total. The van der Waals surface area contributed by atoms with E-state index in [1.807, 2.05) is 19.1 Å². The number of hydrogen-bond acceptors (Lipinski definition) is 3. The molecule has 0 radical (unpaired) electrons. The Balaban J connectivity index is 2.04. The second kappa shape index (κ2) is 4.62. The Morgan fingerprint density at radius 2 is 2.20 bits per heavy atom. The second-order valence-corrected chi connectivity index (χ2v) is 4.24. The van der Waals surface area contributed by atoms with Crippen molar-refractivity contribution in [3.8, 4) is 5.88 Å². The van der Waals surface area contributed by atoms with Gasteiger partial charge in [0.15, 0.2) is 0 Å². The maximum atomic E-state index is 5.81. The second-order valence-electron chi connectivity index (χ2n) is 4.24. The average molecular weight is 206 g/mol. The van der Waals surface area contributed by atoms with Crippen LogP contribution in [0.3, 0.4) is 0 Å². The fraction of sp³-hybridized carbons (Fsp3) is 0.583. The van der Waals surface area contributed by atoms with Gasteiger partial charge in [0, 0.05) is 18.3 Å². The zero-order valence-electron chi connectivity index (χ0n) is 9.15. The van der Waals surface area contributed by atoms with Crippen LogP contribution in [0.5, 0.6) is 5.88 Å². The van der Waals surface area contributed by atoms with Gasteiger partial charge in [-0.25, -0.2) is 4.98 Å². The lowest BCUT2D eigenvalue weighted by atomic mass is 10.1. The fourth-order valence-corrected chi connectivity index (χ4v) is 1.95. The van der Waals surface area contributed by atoms with Crippen molar-refractivity contribution in [1.29, 1.82) is 0 Å². The van der Waals surface area contributed by atoms with Gasteiger partial charge in [-0.1, -0.05) is 0 Å². The van der Waals surface area contributed by atoms with Gasteiger partial charge in [-0.3, -0.25) is 0 Å². The van der Waals surface area contributed by atoms with Crippen LogP contribution in [0.2, 0.25) is 0 Å². The summed E-state index contributed by atoms with van der Waals surface area (Å²) in [6.45, 7) is 1.97. The van der Waals surface area contributed by atoms with Gasteiger partial charge in [0.1, 0.15) is 6.10 Å². The molecule has 15 heavy (non-hydrogen) atoms. The van der Waals surface area contributed by atoms with Crippen molar-refractivity contribution in [2.75, 3.05) is 0 Å². The highest BCUT2D eigenvalue weighted by Crippen LogP contribution is 2.23. The van der Waals surface area contributed by atoms with Crippen molar-refractivity contribution in [2.45, 2.75) is 44.8 Å². The number of pyridine rings is 1. The third-order valence-corrected chi connectivity index (χ3v) is 2.87. The molecule has 0 unspecified atom stereocenters. The van der Waals surface area contributed by atoms with E-state index >= 15 is 0 Å². The van der Waals surface area contributed by atoms with Gasteiger partial charge in [0.2, 0.25) is 5.88 Å². The van der Waals surface area contributed by atoms with E-state index in [4.69, 9.17) is 10.5 Å². The van der Waals surface area contributed by atoms with Gasteiger partial charge in [-0.05, 0) is 44.2 Å². The third-order valence-electron chi connectivity index (χ3n) is 2.87. The molecule has 1 atom stereocenters. The maximum Gasteiger partial charge on any atom is 0.213 e. The first-order valence-corrected chi connectivity index (χ1v) is 5.64. The van der Waals surface area contributed by atoms with Gasteiger partial charge >= 0.3 is 0 Å². The van der Waals surface area contributed by atoms with E-state index in [1.165, 1.54) is 12.8 Å². The van der Waals surface area contributed by atoms with Crippen molar-refractivity contribution in [1.82, 2.24) is 4.98 Å². The van der Waals surface area contributed by atoms with Crippen LogP contribution in [0.25, 0.3) is 0 Å². The summed E-state index contributed by atoms with van der Waals surface area (Å²) >= 11 is 0. The highest BCUT2D eigenvalue weighted by Gasteiger charge is 2.17. The van der Waals surface area contributed by atoms with E-state index in [0.717, 1.165) is 24.3 Å². The van der Waals surface area contributed by atoms with E-state index in [9.17, 15) is 0 Å². The number of nitrogens with zero attached hydrogens (tertiary/aromatic N) is 1. The van der Waals surface area contributed by atoms with Crippen LogP contribution >= 0.6 is 0 Å². The highest BCUT2D eigenvalue weighted by molar-refractivity contribution is 5.23. The minimum absolute atomic E-state index is 0.0407. The number of nitrogens with two attached hydrogens (primary N) is 1. The zero-order valence-corrected chi connectivity index (χ0v) is 9.15. The topological polar surface area (TPSA) is 48.1 Å². The predicted molar refractivity (Wildman–Crippen MR) is 59.7 cm³/mol. The molecule has 3 heteroatoms. The van der Waals surface area contributed by atoms with Crippen LogP contribution in [0.4, 0.5) is 0 Å². The molecule has 2 N–H and O–H groups in total. The summed E-state index contributed by atoms with van der Waals surface area (Å²) in [6, 6.07) is 3.92. The van der Waals surface area contributed by atoms with Crippen molar-refractivity contribution < 1.29 is 4.74 Å². The molecule has 1 aliphatic carbocycles. The van der Waals surface area contributed by atoms with E-state index in [0.29, 0.717) is 6.10 Å². The Hall–Kier alpha value is -1.09. The molecule has 1 fully saturated rings. The summed E-state index contributed by atoms with van der Waals surface area (Å²) in [5, 5.41) is 0. The van der Waals surface area contributed by atoms with Crippen LogP contribution in [0, 0.1) is 0 Å². The number of rotatable bonds is 3. The fourth-order valence-electron chi connectivity index (χ4n) is 1.95. The SMILES string of the molecule is C[C@H](N)c1ccnc(OC2CCCC2)c1. The Labute approximate surface area is 90.7 Å². The Bertz CT molecular complexity index is 319. The highest BCUT2D eigenvalue weighted by atomic mass is 16.5. The molecule has 82 valence electrons. The van der Waals surface area contributed by atoms with Crippen molar-refractivity contribution in [3.63, 3.8) is 0 Å². The Morgan fingerprint density at radius 3 is 2.87 bits per heavy atom. The molecule has 0 spiro atoms. The van der Waals surface area contributed by atoms with Crippen LogP contribution in [0.1, 0.15) is 44.2 Å². The molecule has 0 amide bonds. The van der Waals surface area contributed by atoms with Crippen LogP contribution < -0.4 is 10.5 Å². The van der Waals surface area contributed by atoms with Crippen LogP contribution in [0.15, 0.2) is 18.3 Å². The first-order valence-electron chi connectivity index (χ1n) is 5.64. The first kappa shape index (κ1) is 10.4. The zero-order chi connectivity index (χ0) is 10.7. The van der Waals surface area contributed by atoms with Gasteiger partial charge < -0.3 is 10.5 Å². The van der Waals surface area contributed by atoms with Gasteiger partial charge in [-0.2, -0.15) is 0 Å². The molecule has 1 aromatic heterocycles. The van der Waals surface area contributed by atoms with Crippen molar-refractivity contribution >= 4 is 0 Å². The summed E-state index contributed by atoms with van der Waals surface area (Å²) in [4.78, 5) is 4.21. The molecule has 1 aliphatic rings. The van der Waals surface area contributed by atoms with Crippen LogP contribution in [-0.4, -0.2) is 11.1 Å². The van der Waals surface area contributed by atoms with Crippen molar-refractivity contribution in [3.05, 3.63) is 23.9 Å². The summed E-state index contributed by atoms with van der Waals surface area (Å²) in [5.74, 6) is 0.719. The Kier molecular flexibility index (Phi) is 3.21. The van der Waals surface area contributed by atoms with Gasteiger partial charge in [-0.15, -0.1) is 0 Å². The molecular formula is C12H18N2O. The molecular weight excluding hydrogens is 188 g/mol. The predicted octanol–water partition coefficient (Wildman–Crippen LogP) is 2.42. The minimum atomic E-state index is 0.0407. The summed E-state index contributed by atoms with van der Waals surface area (Å²) < 4.78 is 5.80. The summed E-state index contributed by atoms with van der Waals surface area (Å²) in [7, 11) is 0. The Morgan fingerprint density at radius 1 is 1.47 bits per heavy atom. The van der Waals surface area contributed by atoms with E-state index in [1.54, 1.807) is 6.20 Å². The standard InChI is InChI=1S/C12H18N2O/c1-9(13)10-6-7-14-12(8-10)15-11-4-2-3-5-11/h6-9,11H,2-5,13H2,1H3/t9-/m0/s1. The maximum absolute atomic E-state index is 5.81. The van der Waals surface area contributed by atoms with E-state index in [-0.39, 0.29) is 6.04 Å². The lowest BCUT2D eigenvalue weighted by Gasteiger charge is -2.13. The van der Waals surface area contributed by atoms with Crippen molar-refractivity contribution in [2.24, 2.45) is 5.73 Å². The lowest BCUT2D eigenvalue weighted by molar-refractivity contribution is 0.201. The molecule has 0 saturated heterocycles. The molecule has 1 heterocycles.